The van der Waals surface area contributed by atoms with Gasteiger partial charge in [0.15, 0.2) is 0 Å². The molecule has 1 rings (SSSR count). The fourth-order valence-electron chi connectivity index (χ4n) is 1.70. The van der Waals surface area contributed by atoms with Gasteiger partial charge in [0, 0.05) is 5.33 Å². The number of benzene rings is 1. The Morgan fingerprint density at radius 3 is 1.56 bits per heavy atom. The zero-order chi connectivity index (χ0) is 14.1. The summed E-state index contributed by atoms with van der Waals surface area (Å²) in [5, 5.41) is -0.0663. The van der Waals surface area contributed by atoms with Gasteiger partial charge in [-0.15, -0.1) is 0 Å². The SMILES string of the molecule is CCc1c(C(F)(F)F)cc(CBr)cc1C(F)(F)F. The van der Waals surface area contributed by atoms with Gasteiger partial charge < -0.3 is 0 Å². The molecule has 0 saturated carbocycles. The standard InChI is InChI=1S/C11H9BrF6/c1-2-7-8(10(13,14)15)3-6(5-12)4-9(7)11(16,17)18/h3-4H,2,5H2,1H3. The van der Waals surface area contributed by atoms with E-state index in [9.17, 15) is 26.3 Å². The van der Waals surface area contributed by atoms with E-state index in [1.165, 1.54) is 6.92 Å². The highest BCUT2D eigenvalue weighted by atomic mass is 79.9. The van der Waals surface area contributed by atoms with Gasteiger partial charge in [-0.2, -0.15) is 26.3 Å². The molecule has 0 spiro atoms. The van der Waals surface area contributed by atoms with Crippen LogP contribution in [-0.4, -0.2) is 0 Å². The molecule has 0 aromatic heterocycles. The van der Waals surface area contributed by atoms with Crippen molar-refractivity contribution in [3.63, 3.8) is 0 Å². The van der Waals surface area contributed by atoms with E-state index < -0.39 is 29.0 Å². The van der Waals surface area contributed by atoms with Gasteiger partial charge in [0.1, 0.15) is 0 Å². The molecular weight excluding hydrogens is 326 g/mol. The predicted molar refractivity (Wildman–Crippen MR) is 58.5 cm³/mol. The van der Waals surface area contributed by atoms with E-state index in [-0.39, 0.29) is 17.3 Å². The number of halogens is 7. The van der Waals surface area contributed by atoms with Gasteiger partial charge in [-0.1, -0.05) is 22.9 Å². The van der Waals surface area contributed by atoms with Crippen molar-refractivity contribution in [3.8, 4) is 0 Å². The minimum Gasteiger partial charge on any atom is -0.166 e. The van der Waals surface area contributed by atoms with E-state index >= 15 is 0 Å². The summed E-state index contributed by atoms with van der Waals surface area (Å²) in [4.78, 5) is 0. The first-order valence-electron chi connectivity index (χ1n) is 4.97. The van der Waals surface area contributed by atoms with Crippen molar-refractivity contribution in [2.45, 2.75) is 31.0 Å². The Morgan fingerprint density at radius 2 is 1.33 bits per heavy atom. The molecule has 7 heteroatoms. The van der Waals surface area contributed by atoms with Crippen molar-refractivity contribution in [1.29, 1.82) is 0 Å². The Labute approximate surface area is 108 Å². The molecule has 0 atom stereocenters. The minimum atomic E-state index is -4.79. The van der Waals surface area contributed by atoms with Crippen molar-refractivity contribution in [1.82, 2.24) is 0 Å². The molecule has 0 saturated heterocycles. The average Bonchev–Trinajstić information content (AvgIpc) is 2.24. The maximum absolute atomic E-state index is 12.7. The summed E-state index contributed by atoms with van der Waals surface area (Å²) < 4.78 is 76.4. The highest BCUT2D eigenvalue weighted by molar-refractivity contribution is 9.08. The Hall–Kier alpha value is -0.720. The normalized spacial score (nSPS) is 12.9. The van der Waals surface area contributed by atoms with Crippen molar-refractivity contribution < 1.29 is 26.3 Å². The Kier molecular flexibility index (Phi) is 4.35. The fourth-order valence-corrected chi connectivity index (χ4v) is 2.02. The first-order valence-corrected chi connectivity index (χ1v) is 6.09. The molecule has 0 N–H and O–H groups in total. The largest absolute Gasteiger partial charge is 0.416 e. The summed E-state index contributed by atoms with van der Waals surface area (Å²) in [5.74, 6) is 0. The lowest BCUT2D eigenvalue weighted by Gasteiger charge is -2.19. The maximum Gasteiger partial charge on any atom is 0.416 e. The smallest absolute Gasteiger partial charge is 0.166 e. The van der Waals surface area contributed by atoms with Crippen molar-refractivity contribution in [3.05, 3.63) is 34.4 Å². The van der Waals surface area contributed by atoms with Crippen LogP contribution in [0.1, 0.15) is 29.2 Å². The van der Waals surface area contributed by atoms with E-state index in [0.717, 1.165) is 12.1 Å². The van der Waals surface area contributed by atoms with Crippen LogP contribution >= 0.6 is 15.9 Å². The molecule has 0 aliphatic rings. The van der Waals surface area contributed by atoms with Crippen LogP contribution < -0.4 is 0 Å². The molecule has 0 bridgehead atoms. The summed E-state index contributed by atoms with van der Waals surface area (Å²) in [6, 6.07) is 1.51. The third-order valence-electron chi connectivity index (χ3n) is 2.43. The van der Waals surface area contributed by atoms with E-state index in [1.807, 2.05) is 0 Å². The Balaban J connectivity index is 3.61. The van der Waals surface area contributed by atoms with Crippen LogP contribution in [0.4, 0.5) is 26.3 Å². The topological polar surface area (TPSA) is 0 Å². The zero-order valence-corrected chi connectivity index (χ0v) is 10.8. The molecule has 1 aromatic carbocycles. The molecule has 1 aromatic rings. The highest BCUT2D eigenvalue weighted by Gasteiger charge is 2.40. The molecule has 0 radical (unpaired) electrons. The predicted octanol–water partition coefficient (Wildman–Crippen LogP) is 5.18. The van der Waals surface area contributed by atoms with Gasteiger partial charge in [-0.25, -0.2) is 0 Å². The van der Waals surface area contributed by atoms with E-state index in [2.05, 4.69) is 15.9 Å². The highest BCUT2D eigenvalue weighted by Crippen LogP contribution is 2.40. The number of alkyl halides is 7. The molecule has 18 heavy (non-hydrogen) atoms. The summed E-state index contributed by atoms with van der Waals surface area (Å²) in [5.41, 5.74) is -3.19. The van der Waals surface area contributed by atoms with Gasteiger partial charge in [0.25, 0.3) is 0 Å². The summed E-state index contributed by atoms with van der Waals surface area (Å²) >= 11 is 2.87. The van der Waals surface area contributed by atoms with Crippen LogP contribution in [0.3, 0.4) is 0 Å². The van der Waals surface area contributed by atoms with E-state index in [0.29, 0.717) is 0 Å². The summed E-state index contributed by atoms with van der Waals surface area (Å²) in [7, 11) is 0. The van der Waals surface area contributed by atoms with Gasteiger partial charge in [-0.3, -0.25) is 0 Å². The van der Waals surface area contributed by atoms with Crippen molar-refractivity contribution in [2.24, 2.45) is 0 Å². The number of rotatable bonds is 2. The zero-order valence-electron chi connectivity index (χ0n) is 9.21. The molecule has 0 aliphatic heterocycles. The Morgan fingerprint density at radius 1 is 0.944 bits per heavy atom. The van der Waals surface area contributed by atoms with Gasteiger partial charge in [0.2, 0.25) is 0 Å². The first-order chi connectivity index (χ1) is 8.11. The Bertz CT molecular complexity index is 397. The fraction of sp³-hybridized carbons (Fsp3) is 0.455. The lowest BCUT2D eigenvalue weighted by molar-refractivity contribution is -0.144. The maximum atomic E-state index is 12.7. The minimum absolute atomic E-state index is 0.0492. The van der Waals surface area contributed by atoms with Gasteiger partial charge in [0.05, 0.1) is 11.1 Å². The molecule has 0 nitrogen and oxygen atoms in total. The second-order valence-electron chi connectivity index (χ2n) is 3.65. The number of hydrogen-bond donors (Lipinski definition) is 0. The van der Waals surface area contributed by atoms with Crippen molar-refractivity contribution in [2.75, 3.05) is 0 Å². The average molecular weight is 335 g/mol. The van der Waals surface area contributed by atoms with Gasteiger partial charge >= 0.3 is 12.4 Å². The molecule has 102 valence electrons. The van der Waals surface area contributed by atoms with Gasteiger partial charge in [-0.05, 0) is 29.7 Å². The second-order valence-corrected chi connectivity index (χ2v) is 4.21. The monoisotopic (exact) mass is 334 g/mol. The van der Waals surface area contributed by atoms with Crippen LogP contribution in [0.5, 0.6) is 0 Å². The third kappa shape index (κ3) is 3.18. The van der Waals surface area contributed by atoms with E-state index in [4.69, 9.17) is 0 Å². The molecule has 0 amide bonds. The molecular formula is C11H9BrF6. The van der Waals surface area contributed by atoms with Crippen molar-refractivity contribution >= 4 is 15.9 Å². The first kappa shape index (κ1) is 15.3. The summed E-state index contributed by atoms with van der Waals surface area (Å²) in [6.45, 7) is 1.27. The third-order valence-corrected chi connectivity index (χ3v) is 3.08. The van der Waals surface area contributed by atoms with E-state index in [1.54, 1.807) is 0 Å². The lowest BCUT2D eigenvalue weighted by Crippen LogP contribution is -2.17. The summed E-state index contributed by atoms with van der Waals surface area (Å²) in [6.07, 6.45) is -9.90. The quantitative estimate of drug-likeness (QED) is 0.516. The second kappa shape index (κ2) is 5.11. The van der Waals surface area contributed by atoms with Crippen LogP contribution in [0.2, 0.25) is 0 Å². The lowest BCUT2D eigenvalue weighted by atomic mass is 9.95. The molecule has 0 fully saturated rings. The van der Waals surface area contributed by atoms with Crippen LogP contribution in [0.15, 0.2) is 12.1 Å². The molecule has 0 aliphatic carbocycles. The number of hydrogen-bond acceptors (Lipinski definition) is 0. The van der Waals surface area contributed by atoms with Crippen LogP contribution in [0, 0.1) is 0 Å². The van der Waals surface area contributed by atoms with Crippen LogP contribution in [-0.2, 0) is 24.1 Å². The van der Waals surface area contributed by atoms with Crippen LogP contribution in [0.25, 0.3) is 0 Å². The molecule has 0 unspecified atom stereocenters. The molecule has 0 heterocycles.